The third kappa shape index (κ3) is 4.13. The summed E-state index contributed by atoms with van der Waals surface area (Å²) in [7, 11) is 2.14. The SMILES string of the molecule is CCOC(=O)C1(C(=O)OCC)N[C@@]2(C(=O)N(Cc3ccccc3)c3ccccc32)[C@H](C(=O)OC)[C@@H]1C(=O)OC. The van der Waals surface area contributed by atoms with E-state index in [4.69, 9.17) is 18.9 Å². The number of fused-ring (bicyclic) bond motifs is 2. The zero-order chi connectivity index (χ0) is 28.4. The van der Waals surface area contributed by atoms with Crippen molar-refractivity contribution in [3.8, 4) is 0 Å². The van der Waals surface area contributed by atoms with Crippen molar-refractivity contribution in [1.82, 2.24) is 5.32 Å². The Morgan fingerprint density at radius 1 is 0.821 bits per heavy atom. The maximum Gasteiger partial charge on any atom is 0.339 e. The van der Waals surface area contributed by atoms with E-state index in [0.29, 0.717) is 5.69 Å². The molecular formula is C28H30N2O9. The average molecular weight is 539 g/mol. The van der Waals surface area contributed by atoms with Crippen LogP contribution >= 0.6 is 0 Å². The van der Waals surface area contributed by atoms with Crippen LogP contribution in [0.15, 0.2) is 54.6 Å². The van der Waals surface area contributed by atoms with Crippen LogP contribution in [-0.2, 0) is 55.0 Å². The fourth-order valence-electron chi connectivity index (χ4n) is 5.60. The first-order chi connectivity index (χ1) is 18.7. The van der Waals surface area contributed by atoms with Crippen LogP contribution in [0.4, 0.5) is 5.69 Å². The Morgan fingerprint density at radius 3 is 1.92 bits per heavy atom. The lowest BCUT2D eigenvalue weighted by atomic mass is 9.72. The van der Waals surface area contributed by atoms with E-state index >= 15 is 0 Å². The summed E-state index contributed by atoms with van der Waals surface area (Å²) in [6, 6.07) is 15.8. The van der Waals surface area contributed by atoms with E-state index in [-0.39, 0.29) is 25.3 Å². The molecule has 0 bridgehead atoms. The Balaban J connectivity index is 2.03. The van der Waals surface area contributed by atoms with E-state index in [1.54, 1.807) is 24.3 Å². The molecule has 4 rings (SSSR count). The molecule has 3 atom stereocenters. The number of benzene rings is 2. The first-order valence-corrected chi connectivity index (χ1v) is 12.5. The van der Waals surface area contributed by atoms with Crippen LogP contribution in [0, 0.1) is 11.8 Å². The minimum atomic E-state index is -2.59. The number of carbonyl (C=O) groups is 5. The minimum Gasteiger partial charge on any atom is -0.469 e. The van der Waals surface area contributed by atoms with Gasteiger partial charge in [0.25, 0.3) is 5.91 Å². The molecule has 1 spiro atoms. The zero-order valence-electron chi connectivity index (χ0n) is 22.1. The van der Waals surface area contributed by atoms with Crippen molar-refractivity contribution in [3.05, 3.63) is 65.7 Å². The average Bonchev–Trinajstić information content (AvgIpc) is 3.40. The highest BCUT2D eigenvalue weighted by atomic mass is 16.6. The van der Waals surface area contributed by atoms with Crippen LogP contribution in [0.1, 0.15) is 25.0 Å². The third-order valence-corrected chi connectivity index (χ3v) is 7.15. The molecule has 2 aliphatic rings. The van der Waals surface area contributed by atoms with Gasteiger partial charge in [-0.15, -0.1) is 0 Å². The molecule has 0 unspecified atom stereocenters. The van der Waals surface area contributed by atoms with Crippen LogP contribution in [0.5, 0.6) is 0 Å². The molecule has 2 aromatic rings. The second-order valence-corrected chi connectivity index (χ2v) is 9.08. The number of carbonyl (C=O) groups excluding carboxylic acids is 5. The van der Waals surface area contributed by atoms with Crippen molar-refractivity contribution in [2.75, 3.05) is 32.3 Å². The number of nitrogens with one attached hydrogen (secondary N) is 1. The summed E-state index contributed by atoms with van der Waals surface area (Å²) in [5.41, 5.74) is -3.16. The highest BCUT2D eigenvalue weighted by Crippen LogP contribution is 2.56. The number of rotatable bonds is 8. The number of hydrogen-bond acceptors (Lipinski definition) is 10. The molecule has 0 aromatic heterocycles. The molecule has 2 aromatic carbocycles. The van der Waals surface area contributed by atoms with Crippen molar-refractivity contribution in [2.45, 2.75) is 31.5 Å². The van der Waals surface area contributed by atoms with Crippen molar-refractivity contribution in [3.63, 3.8) is 0 Å². The smallest absolute Gasteiger partial charge is 0.339 e. The molecule has 11 heteroatoms. The van der Waals surface area contributed by atoms with Gasteiger partial charge in [0.05, 0.1) is 34.0 Å². The highest BCUT2D eigenvalue weighted by Gasteiger charge is 2.78. The second-order valence-electron chi connectivity index (χ2n) is 9.08. The van der Waals surface area contributed by atoms with E-state index in [2.05, 4.69) is 5.32 Å². The van der Waals surface area contributed by atoms with Gasteiger partial charge in [-0.1, -0.05) is 48.5 Å². The summed E-state index contributed by atoms with van der Waals surface area (Å²) >= 11 is 0. The minimum absolute atomic E-state index is 0.114. The second kappa shape index (κ2) is 10.9. The van der Waals surface area contributed by atoms with Gasteiger partial charge in [-0.25, -0.2) is 9.59 Å². The van der Waals surface area contributed by atoms with Crippen molar-refractivity contribution < 1.29 is 42.9 Å². The Morgan fingerprint density at radius 2 is 1.36 bits per heavy atom. The molecule has 39 heavy (non-hydrogen) atoms. The number of hydrogen-bond donors (Lipinski definition) is 1. The van der Waals surface area contributed by atoms with Gasteiger partial charge in [0.1, 0.15) is 17.4 Å². The number of amides is 1. The fourth-order valence-corrected chi connectivity index (χ4v) is 5.60. The maximum atomic E-state index is 14.5. The quantitative estimate of drug-likeness (QED) is 0.299. The Hall–Kier alpha value is -4.25. The first kappa shape index (κ1) is 27.8. The molecule has 0 aliphatic carbocycles. The number of esters is 4. The molecule has 2 aliphatic heterocycles. The summed E-state index contributed by atoms with van der Waals surface area (Å²) in [6.45, 7) is 2.84. The predicted octanol–water partition coefficient (Wildman–Crippen LogP) is 1.48. The van der Waals surface area contributed by atoms with Gasteiger partial charge in [-0.3, -0.25) is 19.7 Å². The highest BCUT2D eigenvalue weighted by molar-refractivity contribution is 6.17. The molecule has 0 radical (unpaired) electrons. The summed E-state index contributed by atoms with van der Waals surface area (Å²) in [5, 5.41) is 2.86. The number of nitrogens with zero attached hydrogens (tertiary/aromatic N) is 1. The normalized spacial score (nSPS) is 22.8. The van der Waals surface area contributed by atoms with Crippen LogP contribution in [0.25, 0.3) is 0 Å². The molecule has 1 fully saturated rings. The lowest BCUT2D eigenvalue weighted by Gasteiger charge is -2.31. The van der Waals surface area contributed by atoms with Crippen LogP contribution in [-0.4, -0.2) is 62.8 Å². The lowest BCUT2D eigenvalue weighted by Crippen LogP contribution is -2.65. The standard InChI is InChI=1S/C28H30N2O9/c1-5-38-25(34)28(26(35)39-6-2)21(23(32)37-4)20(22(31)36-3)27(29-28)18-14-10-11-15-19(18)30(24(27)33)16-17-12-8-7-9-13-17/h7-15,20-21,29H,5-6,16H2,1-4H3/t20-,21+,27+/m0/s1. The van der Waals surface area contributed by atoms with E-state index < -0.39 is 52.7 Å². The molecule has 1 amide bonds. The van der Waals surface area contributed by atoms with Crippen LogP contribution < -0.4 is 10.2 Å². The summed E-state index contributed by atoms with van der Waals surface area (Å²) in [5.74, 6) is -8.68. The Kier molecular flexibility index (Phi) is 7.73. The molecule has 2 heterocycles. The van der Waals surface area contributed by atoms with Gasteiger partial charge >= 0.3 is 23.9 Å². The number of anilines is 1. The molecule has 0 saturated carbocycles. The van der Waals surface area contributed by atoms with E-state index in [0.717, 1.165) is 19.8 Å². The molecular weight excluding hydrogens is 508 g/mol. The van der Waals surface area contributed by atoms with Gasteiger partial charge in [0.2, 0.25) is 5.54 Å². The lowest BCUT2D eigenvalue weighted by molar-refractivity contribution is -0.175. The molecule has 206 valence electrons. The number of methoxy groups -OCH3 is 2. The molecule has 11 nitrogen and oxygen atoms in total. The van der Waals surface area contributed by atoms with Crippen molar-refractivity contribution in [1.29, 1.82) is 0 Å². The maximum absolute atomic E-state index is 14.5. The molecule has 1 N–H and O–H groups in total. The van der Waals surface area contributed by atoms with Crippen LogP contribution in [0.3, 0.4) is 0 Å². The van der Waals surface area contributed by atoms with Gasteiger partial charge in [0, 0.05) is 11.3 Å². The van der Waals surface area contributed by atoms with E-state index in [1.807, 2.05) is 30.3 Å². The van der Waals surface area contributed by atoms with E-state index in [1.165, 1.54) is 18.7 Å². The predicted molar refractivity (Wildman–Crippen MR) is 136 cm³/mol. The van der Waals surface area contributed by atoms with Gasteiger partial charge in [-0.2, -0.15) is 0 Å². The topological polar surface area (TPSA) is 138 Å². The zero-order valence-corrected chi connectivity index (χ0v) is 22.1. The monoisotopic (exact) mass is 538 g/mol. The summed E-state index contributed by atoms with van der Waals surface area (Å²) in [6.07, 6.45) is 0. The summed E-state index contributed by atoms with van der Waals surface area (Å²) in [4.78, 5) is 70.2. The molecule has 1 saturated heterocycles. The van der Waals surface area contributed by atoms with Crippen molar-refractivity contribution in [2.24, 2.45) is 11.8 Å². The van der Waals surface area contributed by atoms with Gasteiger partial charge in [-0.05, 0) is 25.5 Å². The first-order valence-electron chi connectivity index (χ1n) is 12.5. The summed E-state index contributed by atoms with van der Waals surface area (Å²) < 4.78 is 20.6. The number of para-hydroxylation sites is 1. The Bertz CT molecular complexity index is 1280. The fraction of sp³-hybridized carbons (Fsp3) is 0.393. The van der Waals surface area contributed by atoms with Gasteiger partial charge < -0.3 is 23.8 Å². The van der Waals surface area contributed by atoms with Crippen molar-refractivity contribution >= 4 is 35.5 Å². The number of ether oxygens (including phenoxy) is 4. The largest absolute Gasteiger partial charge is 0.469 e. The third-order valence-electron chi connectivity index (χ3n) is 7.15. The Labute approximate surface area is 225 Å². The van der Waals surface area contributed by atoms with E-state index in [9.17, 15) is 24.0 Å². The van der Waals surface area contributed by atoms with Gasteiger partial charge in [0.15, 0.2) is 0 Å². The van der Waals surface area contributed by atoms with Crippen LogP contribution in [0.2, 0.25) is 0 Å².